The van der Waals surface area contributed by atoms with Crippen LogP contribution in [-0.4, -0.2) is 57.3 Å². The maximum Gasteiger partial charge on any atom is 0.338 e. The van der Waals surface area contributed by atoms with Gasteiger partial charge in [0.05, 0.1) is 19.3 Å². The third-order valence-electron chi connectivity index (χ3n) is 3.24. The first kappa shape index (κ1) is 15.6. The van der Waals surface area contributed by atoms with E-state index in [1.807, 2.05) is 0 Å². The molecule has 2 fully saturated rings. The number of alkyl halides is 3. The maximum absolute atomic E-state index is 11.5. The molecule has 5 atom stereocenters. The molecule has 19 heavy (non-hydrogen) atoms. The molecule has 1 aliphatic heterocycles. The van der Waals surface area contributed by atoms with Gasteiger partial charge in [0.1, 0.15) is 6.10 Å². The van der Waals surface area contributed by atoms with E-state index < -0.39 is 40.0 Å². The number of methoxy groups -OCH3 is 1. The van der Waals surface area contributed by atoms with Crippen LogP contribution in [0.15, 0.2) is 0 Å². The van der Waals surface area contributed by atoms with Crippen LogP contribution < -0.4 is 0 Å². The normalized spacial score (nSPS) is 42.8. The predicted octanol–water partition coefficient (Wildman–Crippen LogP) is 0.525. The molecule has 0 amide bonds. The molecule has 0 aromatic rings. The van der Waals surface area contributed by atoms with E-state index in [4.69, 9.17) is 44.3 Å². The molecule has 0 bridgehead atoms. The highest BCUT2D eigenvalue weighted by atomic mass is 35.6. The van der Waals surface area contributed by atoms with Crippen molar-refractivity contribution in [1.29, 1.82) is 0 Å². The van der Waals surface area contributed by atoms with Crippen molar-refractivity contribution in [3.05, 3.63) is 0 Å². The summed E-state index contributed by atoms with van der Waals surface area (Å²) in [5, 5.41) is 20.1. The molecule has 1 saturated carbocycles. The van der Waals surface area contributed by atoms with Crippen molar-refractivity contribution in [2.24, 2.45) is 0 Å². The Hall–Kier alpha value is 0.180. The molecule has 0 spiro atoms. The SMILES string of the molecule is COC(=O)[C@]1(O)C[C@@H](O)[C@@H]2O[C@@H](C(Cl)(Cl)Cl)O[C@@H]2C1. The number of ether oxygens (including phenoxy) is 3. The van der Waals surface area contributed by atoms with E-state index >= 15 is 0 Å². The second-order valence-electron chi connectivity index (χ2n) is 4.65. The lowest BCUT2D eigenvalue weighted by Gasteiger charge is -2.37. The number of hydrogen-bond donors (Lipinski definition) is 2. The number of halogens is 3. The molecule has 9 heteroatoms. The van der Waals surface area contributed by atoms with Gasteiger partial charge in [0.15, 0.2) is 5.60 Å². The molecular weight excluding hydrogens is 322 g/mol. The first-order valence-corrected chi connectivity index (χ1v) is 6.67. The standard InChI is InChI=1S/C10H13Cl3O6/c1-17-7(15)9(16)2-4(14)6-5(3-9)18-8(19-6)10(11,12)13/h4-6,8,14,16H,2-3H2,1H3/t4-,5-,6+,8+,9+/m1/s1. The van der Waals surface area contributed by atoms with Gasteiger partial charge in [0, 0.05) is 12.8 Å². The van der Waals surface area contributed by atoms with E-state index in [2.05, 4.69) is 4.74 Å². The van der Waals surface area contributed by atoms with E-state index in [9.17, 15) is 15.0 Å². The van der Waals surface area contributed by atoms with Crippen LogP contribution in [0.2, 0.25) is 0 Å². The summed E-state index contributed by atoms with van der Waals surface area (Å²) < 4.78 is 13.4. The molecule has 6 nitrogen and oxygen atoms in total. The zero-order valence-corrected chi connectivity index (χ0v) is 12.2. The van der Waals surface area contributed by atoms with Gasteiger partial charge in [-0.1, -0.05) is 34.8 Å². The Labute approximate surface area is 124 Å². The Morgan fingerprint density at radius 1 is 1.37 bits per heavy atom. The minimum atomic E-state index is -1.83. The Balaban J connectivity index is 2.15. The lowest BCUT2D eigenvalue weighted by Crippen LogP contribution is -2.55. The third kappa shape index (κ3) is 2.95. The maximum atomic E-state index is 11.5. The summed E-state index contributed by atoms with van der Waals surface area (Å²) in [6, 6.07) is 0. The molecule has 2 N–H and O–H groups in total. The molecule has 1 saturated heterocycles. The molecule has 0 aromatic carbocycles. The molecule has 0 radical (unpaired) electrons. The number of rotatable bonds is 1. The van der Waals surface area contributed by atoms with E-state index in [0.29, 0.717) is 0 Å². The van der Waals surface area contributed by atoms with Crippen molar-refractivity contribution in [1.82, 2.24) is 0 Å². The quantitative estimate of drug-likeness (QED) is 0.537. The number of carbonyl (C=O) groups is 1. The lowest BCUT2D eigenvalue weighted by atomic mass is 9.80. The van der Waals surface area contributed by atoms with Gasteiger partial charge in [-0.25, -0.2) is 4.79 Å². The van der Waals surface area contributed by atoms with Crippen LogP contribution in [0.5, 0.6) is 0 Å². The number of hydrogen-bond acceptors (Lipinski definition) is 6. The van der Waals surface area contributed by atoms with Crippen molar-refractivity contribution in [3.8, 4) is 0 Å². The molecule has 1 heterocycles. The van der Waals surface area contributed by atoms with Crippen LogP contribution in [-0.2, 0) is 19.0 Å². The lowest BCUT2D eigenvalue weighted by molar-refractivity contribution is -0.179. The monoisotopic (exact) mass is 334 g/mol. The fourth-order valence-corrected chi connectivity index (χ4v) is 2.70. The van der Waals surface area contributed by atoms with Gasteiger partial charge in [-0.15, -0.1) is 0 Å². The predicted molar refractivity (Wildman–Crippen MR) is 66.0 cm³/mol. The Morgan fingerprint density at radius 3 is 2.53 bits per heavy atom. The number of carbonyl (C=O) groups excluding carboxylic acids is 1. The fraction of sp³-hybridized carbons (Fsp3) is 0.900. The summed E-state index contributed by atoms with van der Waals surface area (Å²) in [7, 11) is 1.15. The van der Waals surface area contributed by atoms with Gasteiger partial charge < -0.3 is 24.4 Å². The Bertz CT molecular complexity index is 373. The van der Waals surface area contributed by atoms with Crippen LogP contribution in [0.25, 0.3) is 0 Å². The average Bonchev–Trinajstić information content (AvgIpc) is 2.71. The van der Waals surface area contributed by atoms with Crippen LogP contribution in [0, 0.1) is 0 Å². The highest BCUT2D eigenvalue weighted by Crippen LogP contribution is 2.44. The molecule has 0 unspecified atom stereocenters. The van der Waals surface area contributed by atoms with Gasteiger partial charge >= 0.3 is 5.97 Å². The Kier molecular flexibility index (Phi) is 4.25. The minimum Gasteiger partial charge on any atom is -0.467 e. The molecule has 1 aliphatic carbocycles. The minimum absolute atomic E-state index is 0.0986. The summed E-state index contributed by atoms with van der Waals surface area (Å²) >= 11 is 17.0. The van der Waals surface area contributed by atoms with Crippen LogP contribution >= 0.6 is 34.8 Å². The second-order valence-corrected chi connectivity index (χ2v) is 7.02. The van der Waals surface area contributed by atoms with E-state index in [1.165, 1.54) is 0 Å². The number of esters is 1. The van der Waals surface area contributed by atoms with Gasteiger partial charge in [-0.2, -0.15) is 0 Å². The topological polar surface area (TPSA) is 85.2 Å². The molecule has 0 aromatic heterocycles. The molecule has 110 valence electrons. The van der Waals surface area contributed by atoms with E-state index in [0.717, 1.165) is 7.11 Å². The average molecular weight is 336 g/mol. The van der Waals surface area contributed by atoms with Gasteiger partial charge in [-0.3, -0.25) is 0 Å². The van der Waals surface area contributed by atoms with Gasteiger partial charge in [0.2, 0.25) is 10.1 Å². The number of aliphatic hydroxyl groups excluding tert-OH is 1. The van der Waals surface area contributed by atoms with Crippen LogP contribution in [0.3, 0.4) is 0 Å². The van der Waals surface area contributed by atoms with Crippen LogP contribution in [0.4, 0.5) is 0 Å². The molecule has 2 rings (SSSR count). The van der Waals surface area contributed by atoms with Crippen molar-refractivity contribution < 1.29 is 29.2 Å². The fourth-order valence-electron chi connectivity index (χ4n) is 2.39. The molecule has 2 aliphatic rings. The summed E-state index contributed by atoms with van der Waals surface area (Å²) in [5.41, 5.74) is -1.83. The number of aliphatic hydroxyl groups is 2. The zero-order chi connectivity index (χ0) is 14.4. The van der Waals surface area contributed by atoms with Gasteiger partial charge in [-0.05, 0) is 0 Å². The van der Waals surface area contributed by atoms with E-state index in [1.54, 1.807) is 0 Å². The third-order valence-corrected chi connectivity index (χ3v) is 3.78. The van der Waals surface area contributed by atoms with Crippen LogP contribution in [0.1, 0.15) is 12.8 Å². The highest BCUT2D eigenvalue weighted by Gasteiger charge is 2.57. The summed E-state index contributed by atoms with van der Waals surface area (Å²) in [6.07, 6.45) is -4.13. The van der Waals surface area contributed by atoms with Crippen molar-refractivity contribution in [3.63, 3.8) is 0 Å². The first-order chi connectivity index (χ1) is 8.67. The molecular formula is C10H13Cl3O6. The zero-order valence-electron chi connectivity index (χ0n) is 9.88. The second kappa shape index (κ2) is 5.18. The van der Waals surface area contributed by atoms with Crippen molar-refractivity contribution in [2.45, 2.75) is 46.8 Å². The van der Waals surface area contributed by atoms with Crippen molar-refractivity contribution >= 4 is 40.8 Å². The largest absolute Gasteiger partial charge is 0.467 e. The first-order valence-electron chi connectivity index (χ1n) is 5.54. The summed E-state index contributed by atoms with van der Waals surface area (Å²) in [6.45, 7) is 0. The summed E-state index contributed by atoms with van der Waals surface area (Å²) in [4.78, 5) is 11.5. The smallest absolute Gasteiger partial charge is 0.338 e. The Morgan fingerprint density at radius 2 is 2.00 bits per heavy atom. The van der Waals surface area contributed by atoms with E-state index in [-0.39, 0.29) is 12.8 Å². The van der Waals surface area contributed by atoms with Crippen molar-refractivity contribution in [2.75, 3.05) is 7.11 Å². The highest BCUT2D eigenvalue weighted by molar-refractivity contribution is 6.67. The summed E-state index contributed by atoms with van der Waals surface area (Å²) in [5.74, 6) is -0.842. The number of fused-ring (bicyclic) bond motifs is 1. The van der Waals surface area contributed by atoms with Gasteiger partial charge in [0.25, 0.3) is 0 Å².